The zero-order valence-electron chi connectivity index (χ0n) is 13.2. The van der Waals surface area contributed by atoms with Gasteiger partial charge >= 0.3 is 0 Å². The molecule has 0 atom stereocenters. The molecule has 1 aromatic heterocycles. The van der Waals surface area contributed by atoms with Gasteiger partial charge in [-0.2, -0.15) is 5.10 Å². The normalized spacial score (nSPS) is 11.0. The lowest BCUT2D eigenvalue weighted by Gasteiger charge is -2.11. The SMILES string of the molecule is CCNC(=NCCc1ccc(F)cc1)NCCn1cccn1.I. The maximum atomic E-state index is 12.8. The van der Waals surface area contributed by atoms with Crippen molar-refractivity contribution in [1.82, 2.24) is 20.4 Å². The third kappa shape index (κ3) is 7.45. The van der Waals surface area contributed by atoms with Gasteiger partial charge in [-0.3, -0.25) is 9.67 Å². The highest BCUT2D eigenvalue weighted by molar-refractivity contribution is 14.0. The van der Waals surface area contributed by atoms with E-state index in [2.05, 4.69) is 20.7 Å². The van der Waals surface area contributed by atoms with E-state index >= 15 is 0 Å². The van der Waals surface area contributed by atoms with Crippen LogP contribution in [0.5, 0.6) is 0 Å². The Kier molecular flexibility index (Phi) is 9.27. The zero-order chi connectivity index (χ0) is 15.6. The van der Waals surface area contributed by atoms with Gasteiger partial charge in [0.25, 0.3) is 0 Å². The molecule has 0 amide bonds. The Hall–Kier alpha value is -1.64. The van der Waals surface area contributed by atoms with Crippen LogP contribution in [0.4, 0.5) is 4.39 Å². The zero-order valence-corrected chi connectivity index (χ0v) is 15.5. The number of nitrogens with one attached hydrogen (secondary N) is 2. The third-order valence-electron chi connectivity index (χ3n) is 3.12. The summed E-state index contributed by atoms with van der Waals surface area (Å²) in [5, 5.41) is 10.6. The van der Waals surface area contributed by atoms with Gasteiger partial charge in [0, 0.05) is 32.0 Å². The van der Waals surface area contributed by atoms with E-state index in [0.29, 0.717) is 6.54 Å². The molecule has 0 bridgehead atoms. The number of nitrogens with zero attached hydrogens (tertiary/aromatic N) is 3. The van der Waals surface area contributed by atoms with Crippen LogP contribution in [0.2, 0.25) is 0 Å². The molecule has 0 aliphatic heterocycles. The molecule has 23 heavy (non-hydrogen) atoms. The van der Waals surface area contributed by atoms with Crippen LogP contribution in [-0.2, 0) is 13.0 Å². The molecule has 1 aromatic carbocycles. The van der Waals surface area contributed by atoms with Gasteiger partial charge in [0.2, 0.25) is 0 Å². The molecule has 0 saturated heterocycles. The van der Waals surface area contributed by atoms with Crippen molar-refractivity contribution in [3.8, 4) is 0 Å². The van der Waals surface area contributed by atoms with Crippen molar-refractivity contribution in [2.75, 3.05) is 19.6 Å². The van der Waals surface area contributed by atoms with E-state index in [1.165, 1.54) is 12.1 Å². The average Bonchev–Trinajstić information content (AvgIpc) is 3.02. The minimum Gasteiger partial charge on any atom is -0.357 e. The van der Waals surface area contributed by atoms with Gasteiger partial charge in [-0.25, -0.2) is 4.39 Å². The van der Waals surface area contributed by atoms with E-state index < -0.39 is 0 Å². The van der Waals surface area contributed by atoms with E-state index in [1.54, 1.807) is 18.3 Å². The van der Waals surface area contributed by atoms with Crippen molar-refractivity contribution >= 4 is 29.9 Å². The molecule has 0 saturated carbocycles. The van der Waals surface area contributed by atoms with Gasteiger partial charge in [0.1, 0.15) is 5.82 Å². The number of aromatic nitrogens is 2. The number of rotatable bonds is 7. The van der Waals surface area contributed by atoms with Crippen LogP contribution >= 0.6 is 24.0 Å². The molecule has 0 fully saturated rings. The maximum Gasteiger partial charge on any atom is 0.191 e. The maximum absolute atomic E-state index is 12.8. The van der Waals surface area contributed by atoms with Crippen molar-refractivity contribution in [1.29, 1.82) is 0 Å². The van der Waals surface area contributed by atoms with Gasteiger partial charge in [0.05, 0.1) is 6.54 Å². The quantitative estimate of drug-likeness (QED) is 0.403. The van der Waals surface area contributed by atoms with E-state index in [-0.39, 0.29) is 29.8 Å². The van der Waals surface area contributed by atoms with Gasteiger partial charge in [-0.05, 0) is 37.1 Å². The summed E-state index contributed by atoms with van der Waals surface area (Å²) in [6.07, 6.45) is 4.48. The molecular formula is C16H23FIN5. The van der Waals surface area contributed by atoms with Gasteiger partial charge in [-0.1, -0.05) is 12.1 Å². The van der Waals surface area contributed by atoms with Crippen LogP contribution in [0.3, 0.4) is 0 Å². The van der Waals surface area contributed by atoms with Crippen LogP contribution in [0.15, 0.2) is 47.7 Å². The molecule has 5 nitrogen and oxygen atoms in total. The van der Waals surface area contributed by atoms with Gasteiger partial charge < -0.3 is 10.6 Å². The Morgan fingerprint density at radius 2 is 2.04 bits per heavy atom. The van der Waals surface area contributed by atoms with E-state index in [0.717, 1.165) is 37.6 Å². The van der Waals surface area contributed by atoms with Crippen molar-refractivity contribution in [2.24, 2.45) is 4.99 Å². The predicted octanol–water partition coefficient (Wildman–Crippen LogP) is 2.44. The minimum absolute atomic E-state index is 0. The first kappa shape index (κ1) is 19.4. The number of benzene rings is 1. The second-order valence-corrected chi connectivity index (χ2v) is 4.83. The first-order chi connectivity index (χ1) is 10.8. The lowest BCUT2D eigenvalue weighted by molar-refractivity contribution is 0.598. The van der Waals surface area contributed by atoms with Crippen LogP contribution in [0, 0.1) is 5.82 Å². The topological polar surface area (TPSA) is 54.2 Å². The van der Waals surface area contributed by atoms with E-state index in [1.807, 2.05) is 23.9 Å². The van der Waals surface area contributed by atoms with Crippen LogP contribution in [-0.4, -0.2) is 35.4 Å². The summed E-state index contributed by atoms with van der Waals surface area (Å²) in [5.74, 6) is 0.581. The summed E-state index contributed by atoms with van der Waals surface area (Å²) in [4.78, 5) is 4.52. The highest BCUT2D eigenvalue weighted by Crippen LogP contribution is 2.03. The van der Waals surface area contributed by atoms with Gasteiger partial charge in [-0.15, -0.1) is 24.0 Å². The highest BCUT2D eigenvalue weighted by atomic mass is 127. The molecule has 0 aliphatic rings. The minimum atomic E-state index is -0.208. The first-order valence-corrected chi connectivity index (χ1v) is 7.52. The lowest BCUT2D eigenvalue weighted by Crippen LogP contribution is -2.39. The summed E-state index contributed by atoms with van der Waals surface area (Å²) >= 11 is 0. The standard InChI is InChI=1S/C16H22FN5.HI/c1-2-18-16(20-11-13-22-12-3-9-21-22)19-10-8-14-4-6-15(17)7-5-14;/h3-7,9,12H,2,8,10-11,13H2,1H3,(H2,18,19,20);1H. The molecule has 2 N–H and O–H groups in total. The number of guanidine groups is 1. The third-order valence-corrected chi connectivity index (χ3v) is 3.12. The molecule has 2 rings (SSSR count). The Morgan fingerprint density at radius 3 is 2.70 bits per heavy atom. The molecular weight excluding hydrogens is 408 g/mol. The fraction of sp³-hybridized carbons (Fsp3) is 0.375. The molecule has 0 radical (unpaired) electrons. The first-order valence-electron chi connectivity index (χ1n) is 7.52. The van der Waals surface area contributed by atoms with Crippen molar-refractivity contribution in [3.05, 3.63) is 54.1 Å². The monoisotopic (exact) mass is 431 g/mol. The summed E-state index contributed by atoms with van der Waals surface area (Å²) < 4.78 is 14.7. The molecule has 7 heteroatoms. The smallest absolute Gasteiger partial charge is 0.191 e. The van der Waals surface area contributed by atoms with Crippen LogP contribution in [0.25, 0.3) is 0 Å². The van der Waals surface area contributed by atoms with Crippen molar-refractivity contribution < 1.29 is 4.39 Å². The Balaban J connectivity index is 0.00000264. The molecule has 0 aliphatic carbocycles. The average molecular weight is 431 g/mol. The Labute approximate surface area is 153 Å². The molecule has 126 valence electrons. The van der Waals surface area contributed by atoms with Gasteiger partial charge in [0.15, 0.2) is 5.96 Å². The summed E-state index contributed by atoms with van der Waals surface area (Å²) in [6.45, 7) is 5.04. The fourth-order valence-corrected chi connectivity index (χ4v) is 2.01. The van der Waals surface area contributed by atoms with Crippen molar-refractivity contribution in [3.63, 3.8) is 0 Å². The number of hydrogen-bond acceptors (Lipinski definition) is 2. The molecule has 2 aromatic rings. The number of halogens is 2. The van der Waals surface area contributed by atoms with E-state index in [9.17, 15) is 4.39 Å². The highest BCUT2D eigenvalue weighted by Gasteiger charge is 1.98. The molecule has 0 unspecified atom stereocenters. The van der Waals surface area contributed by atoms with Crippen molar-refractivity contribution in [2.45, 2.75) is 19.9 Å². The fourth-order valence-electron chi connectivity index (χ4n) is 2.01. The summed E-state index contributed by atoms with van der Waals surface area (Å²) in [5.41, 5.74) is 1.08. The largest absolute Gasteiger partial charge is 0.357 e. The number of hydrogen-bond donors (Lipinski definition) is 2. The van der Waals surface area contributed by atoms with E-state index in [4.69, 9.17) is 0 Å². The summed E-state index contributed by atoms with van der Waals surface area (Å²) in [7, 11) is 0. The Morgan fingerprint density at radius 1 is 1.26 bits per heavy atom. The second kappa shape index (κ2) is 11.0. The lowest BCUT2D eigenvalue weighted by atomic mass is 10.1. The second-order valence-electron chi connectivity index (χ2n) is 4.83. The number of aliphatic imine (C=N–C) groups is 1. The van der Waals surface area contributed by atoms with Crippen LogP contribution in [0.1, 0.15) is 12.5 Å². The molecule has 0 spiro atoms. The Bertz CT molecular complexity index is 569. The predicted molar refractivity (Wildman–Crippen MR) is 102 cm³/mol. The van der Waals surface area contributed by atoms with Crippen LogP contribution < -0.4 is 10.6 Å². The molecule has 1 heterocycles. The summed E-state index contributed by atoms with van der Waals surface area (Å²) in [6, 6.07) is 8.45.